The van der Waals surface area contributed by atoms with Crippen LogP contribution in [0.15, 0.2) is 0 Å². The third-order valence-corrected chi connectivity index (χ3v) is 5.70. The Balaban J connectivity index is 1.81. The molecule has 1 saturated heterocycles. The lowest BCUT2D eigenvalue weighted by Crippen LogP contribution is -2.43. The number of rotatable bonds is 1. The van der Waals surface area contributed by atoms with Gasteiger partial charge in [-0.05, 0) is 42.4 Å². The summed E-state index contributed by atoms with van der Waals surface area (Å²) < 4.78 is 0. The van der Waals surface area contributed by atoms with Gasteiger partial charge in [0.15, 0.2) is 0 Å². The molecular weight excluding hydrogens is 236 g/mol. The van der Waals surface area contributed by atoms with Crippen LogP contribution in [0, 0.1) is 33.5 Å². The second-order valence-electron chi connectivity index (χ2n) is 8.01. The van der Waals surface area contributed by atoms with E-state index in [0.717, 1.165) is 25.9 Å². The minimum atomic E-state index is -0.641. The van der Waals surface area contributed by atoms with Crippen molar-refractivity contribution in [2.75, 3.05) is 13.1 Å². The van der Waals surface area contributed by atoms with Crippen molar-refractivity contribution in [1.82, 2.24) is 4.90 Å². The smallest absolute Gasteiger partial charge is 0.243 e. The lowest BCUT2D eigenvalue weighted by Gasteiger charge is -2.47. The Bertz CT molecular complexity index is 446. The van der Waals surface area contributed by atoms with Crippen molar-refractivity contribution in [3.63, 3.8) is 0 Å². The summed E-state index contributed by atoms with van der Waals surface area (Å²) in [6.45, 7) is 8.65. The molecule has 0 aromatic rings. The highest BCUT2D eigenvalue weighted by Gasteiger charge is 2.59. The molecule has 1 atom stereocenters. The second-order valence-corrected chi connectivity index (χ2v) is 8.01. The van der Waals surface area contributed by atoms with Crippen molar-refractivity contribution in [1.29, 1.82) is 5.26 Å². The Morgan fingerprint density at radius 3 is 2.21 bits per heavy atom. The lowest BCUT2D eigenvalue weighted by atomic mass is 9.56. The first kappa shape index (κ1) is 13.0. The van der Waals surface area contributed by atoms with Crippen LogP contribution in [0.5, 0.6) is 0 Å². The molecule has 1 spiro atoms. The van der Waals surface area contributed by atoms with E-state index in [2.05, 4.69) is 26.8 Å². The molecule has 3 heteroatoms. The molecule has 0 bridgehead atoms. The van der Waals surface area contributed by atoms with E-state index in [1.165, 1.54) is 19.3 Å². The average molecular weight is 260 g/mol. The summed E-state index contributed by atoms with van der Waals surface area (Å²) in [4.78, 5) is 14.6. The molecule has 2 aliphatic carbocycles. The molecule has 3 fully saturated rings. The van der Waals surface area contributed by atoms with Crippen molar-refractivity contribution in [2.24, 2.45) is 22.2 Å². The predicted molar refractivity (Wildman–Crippen MR) is 73.1 cm³/mol. The highest BCUT2D eigenvalue weighted by Crippen LogP contribution is 2.58. The van der Waals surface area contributed by atoms with Crippen LogP contribution in [0.25, 0.3) is 0 Å². The van der Waals surface area contributed by atoms with Crippen LogP contribution in [0.2, 0.25) is 0 Å². The van der Waals surface area contributed by atoms with Gasteiger partial charge < -0.3 is 4.90 Å². The Kier molecular flexibility index (Phi) is 2.56. The van der Waals surface area contributed by atoms with E-state index >= 15 is 0 Å². The molecule has 0 N–H and O–H groups in total. The molecule has 0 aromatic carbocycles. The van der Waals surface area contributed by atoms with Crippen LogP contribution < -0.4 is 0 Å². The molecule has 1 unspecified atom stereocenters. The van der Waals surface area contributed by atoms with E-state index in [0.29, 0.717) is 11.3 Å². The summed E-state index contributed by atoms with van der Waals surface area (Å²) in [5, 5.41) is 9.22. The molecule has 1 heterocycles. The van der Waals surface area contributed by atoms with Gasteiger partial charge in [0, 0.05) is 13.1 Å². The van der Waals surface area contributed by atoms with Crippen LogP contribution >= 0.6 is 0 Å². The molecular formula is C16H24N2O. The van der Waals surface area contributed by atoms with Gasteiger partial charge in [0.25, 0.3) is 0 Å². The molecule has 2 saturated carbocycles. The Morgan fingerprint density at radius 1 is 1.26 bits per heavy atom. The molecule has 3 nitrogen and oxygen atoms in total. The van der Waals surface area contributed by atoms with Crippen LogP contribution in [0.1, 0.15) is 52.9 Å². The van der Waals surface area contributed by atoms with Gasteiger partial charge in [-0.15, -0.1) is 0 Å². The predicted octanol–water partition coefficient (Wildman–Crippen LogP) is 2.96. The van der Waals surface area contributed by atoms with E-state index in [1.54, 1.807) is 0 Å². The number of amides is 1. The highest BCUT2D eigenvalue weighted by molar-refractivity contribution is 5.88. The largest absolute Gasteiger partial charge is 0.340 e. The summed E-state index contributed by atoms with van der Waals surface area (Å²) in [6.07, 6.45) is 5.37. The van der Waals surface area contributed by atoms with Gasteiger partial charge in [-0.25, -0.2) is 0 Å². The number of nitriles is 1. The fraction of sp³-hybridized carbons (Fsp3) is 0.875. The maximum absolute atomic E-state index is 12.6. The monoisotopic (exact) mass is 260 g/mol. The lowest BCUT2D eigenvalue weighted by molar-refractivity contribution is -0.134. The first-order valence-electron chi connectivity index (χ1n) is 7.54. The van der Waals surface area contributed by atoms with Gasteiger partial charge in [0.05, 0.1) is 6.07 Å². The number of likely N-dealkylation sites (tertiary alicyclic amines) is 1. The second kappa shape index (κ2) is 3.75. The standard InChI is InChI=1S/C16H24N2O/c1-14(2,3)12-9-18(11-16(12)5-4-6-16)13(19)15(10-17)7-8-15/h12H,4-9,11H2,1-3H3. The van der Waals surface area contributed by atoms with Gasteiger partial charge in [-0.1, -0.05) is 27.2 Å². The molecule has 3 aliphatic rings. The normalized spacial score (nSPS) is 30.8. The minimum absolute atomic E-state index is 0.119. The molecule has 19 heavy (non-hydrogen) atoms. The quantitative estimate of drug-likeness (QED) is 0.727. The molecule has 104 valence electrons. The number of nitrogens with zero attached hydrogens (tertiary/aromatic N) is 2. The molecule has 1 aliphatic heterocycles. The van der Waals surface area contributed by atoms with Gasteiger partial charge in [-0.2, -0.15) is 5.26 Å². The summed E-state index contributed by atoms with van der Waals surface area (Å²) in [6, 6.07) is 2.25. The van der Waals surface area contributed by atoms with Gasteiger partial charge in [0.2, 0.25) is 5.91 Å². The van der Waals surface area contributed by atoms with E-state index in [4.69, 9.17) is 0 Å². The van der Waals surface area contributed by atoms with Gasteiger partial charge >= 0.3 is 0 Å². The van der Waals surface area contributed by atoms with Crippen molar-refractivity contribution < 1.29 is 4.79 Å². The van der Waals surface area contributed by atoms with E-state index in [9.17, 15) is 10.1 Å². The molecule has 0 aromatic heterocycles. The van der Waals surface area contributed by atoms with Crippen molar-refractivity contribution in [2.45, 2.75) is 52.9 Å². The third kappa shape index (κ3) is 1.80. The SMILES string of the molecule is CC(C)(C)C1CN(C(=O)C2(C#N)CC2)CC12CCC2. The van der Waals surface area contributed by atoms with Crippen molar-refractivity contribution in [3.8, 4) is 6.07 Å². The van der Waals surface area contributed by atoms with Gasteiger partial charge in [-0.3, -0.25) is 4.79 Å². The number of carbonyl (C=O) groups excluding carboxylic acids is 1. The summed E-state index contributed by atoms with van der Waals surface area (Å²) in [5.74, 6) is 0.709. The van der Waals surface area contributed by atoms with Crippen LogP contribution in [0.3, 0.4) is 0 Å². The summed E-state index contributed by atoms with van der Waals surface area (Å²) >= 11 is 0. The fourth-order valence-corrected chi connectivity index (χ4v) is 4.25. The molecule has 0 radical (unpaired) electrons. The van der Waals surface area contributed by atoms with Crippen molar-refractivity contribution >= 4 is 5.91 Å². The molecule has 1 amide bonds. The zero-order valence-corrected chi connectivity index (χ0v) is 12.3. The number of carbonyl (C=O) groups is 1. The first-order chi connectivity index (χ1) is 8.83. The zero-order valence-electron chi connectivity index (χ0n) is 12.3. The van der Waals surface area contributed by atoms with Crippen LogP contribution in [-0.4, -0.2) is 23.9 Å². The van der Waals surface area contributed by atoms with Gasteiger partial charge in [0.1, 0.15) is 5.41 Å². The maximum atomic E-state index is 12.6. The van der Waals surface area contributed by atoms with Crippen molar-refractivity contribution in [3.05, 3.63) is 0 Å². The Labute approximate surface area is 116 Å². The fourth-order valence-electron chi connectivity index (χ4n) is 4.25. The third-order valence-electron chi connectivity index (χ3n) is 5.70. The van der Waals surface area contributed by atoms with Crippen LogP contribution in [0.4, 0.5) is 0 Å². The number of hydrogen-bond acceptors (Lipinski definition) is 2. The Morgan fingerprint density at radius 2 is 1.89 bits per heavy atom. The molecule has 3 rings (SSSR count). The van der Waals surface area contributed by atoms with E-state index in [-0.39, 0.29) is 11.3 Å². The average Bonchev–Trinajstić information content (AvgIpc) is 2.96. The van der Waals surface area contributed by atoms with E-state index in [1.807, 2.05) is 4.90 Å². The minimum Gasteiger partial charge on any atom is -0.340 e. The summed E-state index contributed by atoms with van der Waals surface area (Å²) in [5.41, 5.74) is -0.0318. The maximum Gasteiger partial charge on any atom is 0.243 e. The highest BCUT2D eigenvalue weighted by atomic mass is 16.2. The zero-order chi connectivity index (χ0) is 13.9. The Hall–Kier alpha value is -1.04. The summed E-state index contributed by atoms with van der Waals surface area (Å²) in [7, 11) is 0. The van der Waals surface area contributed by atoms with Crippen LogP contribution in [-0.2, 0) is 4.79 Å². The van der Waals surface area contributed by atoms with E-state index < -0.39 is 5.41 Å². The topological polar surface area (TPSA) is 44.1 Å². The number of hydrogen-bond donors (Lipinski definition) is 0. The first-order valence-corrected chi connectivity index (χ1v) is 7.54.